The Labute approximate surface area is 112 Å². The molecule has 19 heavy (non-hydrogen) atoms. The topological polar surface area (TPSA) is 29.5 Å². The average molecular weight is 248 g/mol. The fourth-order valence-corrected chi connectivity index (χ4v) is 2.20. The monoisotopic (exact) mass is 248 g/mol. The van der Waals surface area contributed by atoms with Crippen molar-refractivity contribution in [1.29, 1.82) is 0 Å². The van der Waals surface area contributed by atoms with Crippen molar-refractivity contribution in [2.45, 2.75) is 0 Å². The lowest BCUT2D eigenvalue weighted by molar-refractivity contribution is 0.454. The van der Waals surface area contributed by atoms with Gasteiger partial charge in [0.25, 0.3) is 0 Å². The number of hydrogen-bond donors (Lipinski definition) is 1. The van der Waals surface area contributed by atoms with Gasteiger partial charge in [-0.25, -0.2) is 0 Å². The van der Waals surface area contributed by atoms with E-state index in [1.54, 1.807) is 0 Å². The summed E-state index contributed by atoms with van der Waals surface area (Å²) >= 11 is 0. The molecule has 0 aliphatic heterocycles. The fraction of sp³-hybridized carbons (Fsp3) is 0. The molecule has 0 atom stereocenters. The molecule has 0 fully saturated rings. The molecule has 0 spiro atoms. The summed E-state index contributed by atoms with van der Waals surface area (Å²) in [5, 5.41) is 11.1. The van der Waals surface area contributed by atoms with Gasteiger partial charge in [0, 0.05) is 0 Å². The summed E-state index contributed by atoms with van der Waals surface area (Å²) in [7, 11) is -0.302. The van der Waals surface area contributed by atoms with E-state index in [0.717, 1.165) is 10.8 Å². The molecule has 0 heterocycles. The highest BCUT2D eigenvalue weighted by atomic mass is 16.5. The van der Waals surface area contributed by atoms with Crippen LogP contribution in [0.2, 0.25) is 0 Å². The second-order valence-corrected chi connectivity index (χ2v) is 4.36. The van der Waals surface area contributed by atoms with E-state index >= 15 is 0 Å². The van der Waals surface area contributed by atoms with Gasteiger partial charge in [-0.1, -0.05) is 48.5 Å². The van der Waals surface area contributed by atoms with Gasteiger partial charge < -0.3 is 9.68 Å². The van der Waals surface area contributed by atoms with Crippen molar-refractivity contribution in [1.82, 2.24) is 0 Å². The van der Waals surface area contributed by atoms with Gasteiger partial charge in [0.1, 0.15) is 5.75 Å². The second-order valence-electron chi connectivity index (χ2n) is 4.36. The molecule has 3 aromatic rings. The van der Waals surface area contributed by atoms with Gasteiger partial charge in [0.05, 0.1) is 0 Å². The lowest BCUT2D eigenvalue weighted by Crippen LogP contribution is -1.99. The maximum Gasteiger partial charge on any atom is 0.504 e. The van der Waals surface area contributed by atoms with Crippen molar-refractivity contribution >= 4 is 18.5 Å². The predicted octanol–water partition coefficient (Wildman–Crippen LogP) is 3.14. The minimum Gasteiger partial charge on any atom is -0.539 e. The van der Waals surface area contributed by atoms with Gasteiger partial charge in [-0.05, 0) is 40.1 Å². The maximum absolute atomic E-state index is 8.80. The fourth-order valence-electron chi connectivity index (χ4n) is 2.20. The van der Waals surface area contributed by atoms with Crippen LogP contribution in [-0.2, 0) is 0 Å². The summed E-state index contributed by atoms with van der Waals surface area (Å²) in [6.45, 7) is 0. The third-order valence-electron chi connectivity index (χ3n) is 3.15. The normalized spacial score (nSPS) is 10.4. The van der Waals surface area contributed by atoms with Gasteiger partial charge in [0.2, 0.25) is 0 Å². The second kappa shape index (κ2) is 5.16. The first kappa shape index (κ1) is 11.8. The summed E-state index contributed by atoms with van der Waals surface area (Å²) in [6.07, 6.45) is 0. The number of hydrogen-bond acceptors (Lipinski definition) is 2. The Hall–Kier alpha value is -2.26. The van der Waals surface area contributed by atoms with E-state index < -0.39 is 0 Å². The quantitative estimate of drug-likeness (QED) is 0.721. The van der Waals surface area contributed by atoms with E-state index in [-0.39, 0.29) is 7.69 Å². The zero-order valence-corrected chi connectivity index (χ0v) is 10.4. The summed E-state index contributed by atoms with van der Waals surface area (Å²) < 4.78 is 5.12. The first-order valence-corrected chi connectivity index (χ1v) is 6.20. The van der Waals surface area contributed by atoms with Crippen molar-refractivity contribution in [3.8, 4) is 16.9 Å². The summed E-state index contributed by atoms with van der Waals surface area (Å²) in [6, 6.07) is 22.4. The van der Waals surface area contributed by atoms with Crippen LogP contribution in [0.1, 0.15) is 0 Å². The Morgan fingerprint density at radius 3 is 2.32 bits per heavy atom. The van der Waals surface area contributed by atoms with Crippen LogP contribution in [0.25, 0.3) is 21.9 Å². The lowest BCUT2D eigenvalue weighted by Gasteiger charge is -2.07. The van der Waals surface area contributed by atoms with Crippen molar-refractivity contribution < 1.29 is 9.68 Å². The van der Waals surface area contributed by atoms with Crippen LogP contribution in [-0.4, -0.2) is 12.7 Å². The predicted molar refractivity (Wildman–Crippen MR) is 79.4 cm³/mol. The maximum atomic E-state index is 8.80. The third-order valence-corrected chi connectivity index (χ3v) is 3.15. The highest BCUT2D eigenvalue weighted by Crippen LogP contribution is 2.26. The van der Waals surface area contributed by atoms with Crippen molar-refractivity contribution in [3.63, 3.8) is 0 Å². The lowest BCUT2D eigenvalue weighted by atomic mass is 10.0. The van der Waals surface area contributed by atoms with Crippen LogP contribution in [0.15, 0.2) is 66.7 Å². The Morgan fingerprint density at radius 2 is 1.53 bits per heavy atom. The molecule has 0 saturated carbocycles. The third kappa shape index (κ3) is 2.46. The molecule has 0 radical (unpaired) electrons. The van der Waals surface area contributed by atoms with Crippen molar-refractivity contribution in [2.24, 2.45) is 0 Å². The zero-order valence-electron chi connectivity index (χ0n) is 10.4. The molecule has 0 aliphatic carbocycles. The first-order valence-electron chi connectivity index (χ1n) is 6.20. The largest absolute Gasteiger partial charge is 0.539 e. The average Bonchev–Trinajstić information content (AvgIpc) is 2.48. The van der Waals surface area contributed by atoms with E-state index in [9.17, 15) is 0 Å². The van der Waals surface area contributed by atoms with Crippen LogP contribution >= 0.6 is 0 Å². The van der Waals surface area contributed by atoms with Gasteiger partial charge in [-0.15, -0.1) is 0 Å². The van der Waals surface area contributed by atoms with E-state index in [4.69, 9.17) is 9.68 Å². The Bertz CT molecular complexity index is 695. The van der Waals surface area contributed by atoms with Crippen molar-refractivity contribution in [3.05, 3.63) is 66.7 Å². The molecule has 0 amide bonds. The van der Waals surface area contributed by atoms with E-state index in [0.29, 0.717) is 5.75 Å². The molecule has 0 unspecified atom stereocenters. The van der Waals surface area contributed by atoms with E-state index in [1.807, 2.05) is 36.4 Å². The van der Waals surface area contributed by atoms with Gasteiger partial charge in [0.15, 0.2) is 0 Å². The molecular weight excluding hydrogens is 235 g/mol. The minimum absolute atomic E-state index is 0.302. The molecule has 2 nitrogen and oxygen atoms in total. The Morgan fingerprint density at radius 1 is 0.737 bits per heavy atom. The number of fused-ring (bicyclic) bond motifs is 1. The first-order chi connectivity index (χ1) is 9.36. The summed E-state index contributed by atoms with van der Waals surface area (Å²) in [5.74, 6) is 0.681. The number of benzene rings is 3. The molecule has 0 aromatic heterocycles. The highest BCUT2D eigenvalue weighted by molar-refractivity contribution is 6.17. The standard InChI is InChI=1S/C16H13BO2/c18-17-19-16-9-8-13-6-7-14(10-15(13)11-16)12-4-2-1-3-5-12/h1-11,17-18H. The molecule has 3 rings (SSSR count). The molecular formula is C16H13BO2. The summed E-state index contributed by atoms with van der Waals surface area (Å²) in [4.78, 5) is 0. The van der Waals surface area contributed by atoms with E-state index in [1.165, 1.54) is 11.1 Å². The van der Waals surface area contributed by atoms with Gasteiger partial charge >= 0.3 is 7.69 Å². The molecule has 3 aromatic carbocycles. The molecule has 0 saturated heterocycles. The molecule has 0 aliphatic rings. The zero-order chi connectivity index (χ0) is 13.1. The molecule has 0 bridgehead atoms. The summed E-state index contributed by atoms with van der Waals surface area (Å²) in [5.41, 5.74) is 2.37. The minimum atomic E-state index is -0.302. The van der Waals surface area contributed by atoms with Crippen LogP contribution in [0.5, 0.6) is 5.75 Å². The van der Waals surface area contributed by atoms with Gasteiger partial charge in [-0.3, -0.25) is 0 Å². The van der Waals surface area contributed by atoms with Crippen LogP contribution in [0.4, 0.5) is 0 Å². The van der Waals surface area contributed by atoms with Crippen LogP contribution < -0.4 is 4.65 Å². The molecule has 92 valence electrons. The smallest absolute Gasteiger partial charge is 0.504 e. The van der Waals surface area contributed by atoms with Crippen LogP contribution in [0, 0.1) is 0 Å². The van der Waals surface area contributed by atoms with Gasteiger partial charge in [-0.2, -0.15) is 0 Å². The highest BCUT2D eigenvalue weighted by Gasteiger charge is 2.01. The van der Waals surface area contributed by atoms with Crippen molar-refractivity contribution in [2.75, 3.05) is 0 Å². The van der Waals surface area contributed by atoms with Crippen LogP contribution in [0.3, 0.4) is 0 Å². The van der Waals surface area contributed by atoms with E-state index in [2.05, 4.69) is 30.3 Å². The Kier molecular flexibility index (Phi) is 3.21. The molecule has 1 N–H and O–H groups in total. The molecule has 3 heteroatoms. The Balaban J connectivity index is 2.08. The SMILES string of the molecule is OBOc1ccc2ccc(-c3ccccc3)cc2c1. The number of rotatable bonds is 3.